The Labute approximate surface area is 126 Å². The number of aromatic nitrogens is 2. The molecule has 116 valence electrons. The summed E-state index contributed by atoms with van der Waals surface area (Å²) in [6.07, 6.45) is 1.60. The Bertz CT molecular complexity index is 415. The fourth-order valence-electron chi connectivity index (χ4n) is 2.05. The molecule has 1 atom stereocenters. The topological polar surface area (TPSA) is 53.3 Å². The van der Waals surface area contributed by atoms with E-state index in [9.17, 15) is 5.11 Å². The van der Waals surface area contributed by atoms with Crippen LogP contribution in [0.5, 0.6) is 0 Å². The molecule has 1 heterocycles. The zero-order chi connectivity index (χ0) is 15.3. The van der Waals surface area contributed by atoms with Gasteiger partial charge in [0, 0.05) is 13.1 Å². The summed E-state index contributed by atoms with van der Waals surface area (Å²) in [4.78, 5) is 2.07. The second kappa shape index (κ2) is 7.41. The first kappa shape index (κ1) is 17.4. The number of nitrogens with zero attached hydrogens (tertiary/aromatic N) is 3. The highest BCUT2D eigenvalue weighted by atomic mass is 35.5. The Hall–Kier alpha value is -0.620. The lowest BCUT2D eigenvalue weighted by molar-refractivity contribution is 0.0466. The Morgan fingerprint density at radius 3 is 2.70 bits per heavy atom. The molecule has 1 aromatic heterocycles. The minimum atomic E-state index is -1.03. The van der Waals surface area contributed by atoms with Crippen LogP contribution >= 0.6 is 11.6 Å². The predicted molar refractivity (Wildman–Crippen MR) is 83.1 cm³/mol. The van der Waals surface area contributed by atoms with Crippen molar-refractivity contribution >= 4 is 11.6 Å². The number of nitrogens with one attached hydrogen (secondary N) is 1. The van der Waals surface area contributed by atoms with Gasteiger partial charge in [0.2, 0.25) is 0 Å². The average molecular weight is 303 g/mol. The van der Waals surface area contributed by atoms with Gasteiger partial charge in [-0.25, -0.2) is 0 Å². The van der Waals surface area contributed by atoms with E-state index in [-0.39, 0.29) is 0 Å². The van der Waals surface area contributed by atoms with Gasteiger partial charge in [-0.1, -0.05) is 25.4 Å². The summed E-state index contributed by atoms with van der Waals surface area (Å²) < 4.78 is 1.79. The van der Waals surface area contributed by atoms with E-state index >= 15 is 0 Å². The molecule has 1 aromatic rings. The monoisotopic (exact) mass is 302 g/mol. The Kier molecular flexibility index (Phi) is 6.45. The summed E-state index contributed by atoms with van der Waals surface area (Å²) in [6, 6.07) is 0. The maximum Gasteiger partial charge on any atom is 0.117 e. The van der Waals surface area contributed by atoms with Gasteiger partial charge >= 0.3 is 0 Å². The van der Waals surface area contributed by atoms with E-state index in [1.54, 1.807) is 17.8 Å². The molecule has 0 amide bonds. The Morgan fingerprint density at radius 1 is 1.50 bits per heavy atom. The minimum Gasteiger partial charge on any atom is -0.382 e. The van der Waals surface area contributed by atoms with Crippen molar-refractivity contribution in [3.05, 3.63) is 16.9 Å². The van der Waals surface area contributed by atoms with E-state index in [4.69, 9.17) is 11.6 Å². The summed E-state index contributed by atoms with van der Waals surface area (Å²) in [5.74, 6) is 0.542. The maximum absolute atomic E-state index is 10.7. The quantitative estimate of drug-likeness (QED) is 0.765. The molecule has 0 aliphatic rings. The summed E-state index contributed by atoms with van der Waals surface area (Å²) in [7, 11) is 4.01. The number of hydrogen-bond acceptors (Lipinski definition) is 4. The molecule has 2 N–H and O–H groups in total. The third kappa shape index (κ3) is 5.05. The molecule has 1 rings (SSSR count). The standard InChI is InChI=1S/C14H27ClN4O/c1-11(2)8-16-10-14(3,20)13-12(15)9-17-19(13)7-6-18(4)5/h9,11,16,20H,6-8,10H2,1-5H3. The number of halogens is 1. The molecular weight excluding hydrogens is 276 g/mol. The van der Waals surface area contributed by atoms with Crippen LogP contribution in [0.4, 0.5) is 0 Å². The third-order valence-corrected chi connectivity index (χ3v) is 3.36. The van der Waals surface area contributed by atoms with Crippen molar-refractivity contribution < 1.29 is 5.11 Å². The molecule has 6 heteroatoms. The summed E-state index contributed by atoms with van der Waals surface area (Å²) in [5, 5.41) is 18.7. The van der Waals surface area contributed by atoms with Gasteiger partial charge in [0.15, 0.2) is 0 Å². The first-order chi connectivity index (χ1) is 9.24. The van der Waals surface area contributed by atoms with Crippen molar-refractivity contribution in [1.29, 1.82) is 0 Å². The molecule has 5 nitrogen and oxygen atoms in total. The highest BCUT2D eigenvalue weighted by Gasteiger charge is 2.30. The lowest BCUT2D eigenvalue weighted by atomic mass is 10.0. The minimum absolute atomic E-state index is 0.457. The van der Waals surface area contributed by atoms with Crippen LogP contribution in [0, 0.1) is 5.92 Å². The van der Waals surface area contributed by atoms with Crippen molar-refractivity contribution in [1.82, 2.24) is 20.0 Å². The molecule has 0 saturated carbocycles. The zero-order valence-electron chi connectivity index (χ0n) is 13.1. The fraction of sp³-hybridized carbons (Fsp3) is 0.786. The molecule has 0 bridgehead atoms. The summed E-state index contributed by atoms with van der Waals surface area (Å²) in [6.45, 7) is 8.91. The van der Waals surface area contributed by atoms with E-state index < -0.39 is 5.60 Å². The van der Waals surface area contributed by atoms with Crippen LogP contribution in [0.15, 0.2) is 6.20 Å². The lowest BCUT2D eigenvalue weighted by Gasteiger charge is -2.26. The SMILES string of the molecule is CC(C)CNCC(C)(O)c1c(Cl)cnn1CCN(C)C. The normalized spacial score (nSPS) is 15.1. The van der Waals surface area contributed by atoms with Crippen LogP contribution < -0.4 is 5.32 Å². The molecule has 1 unspecified atom stereocenters. The fourth-order valence-corrected chi connectivity index (χ4v) is 2.39. The van der Waals surface area contributed by atoms with Crippen molar-refractivity contribution in [2.75, 3.05) is 33.7 Å². The van der Waals surface area contributed by atoms with Crippen molar-refractivity contribution in [2.45, 2.75) is 32.9 Å². The van der Waals surface area contributed by atoms with Crippen LogP contribution in [0.2, 0.25) is 5.02 Å². The molecule has 0 aliphatic heterocycles. The lowest BCUT2D eigenvalue weighted by Crippen LogP contribution is -2.39. The van der Waals surface area contributed by atoms with Crippen molar-refractivity contribution in [3.8, 4) is 0 Å². The predicted octanol–water partition coefficient (Wildman–Crippen LogP) is 1.55. The second-order valence-corrected chi connectivity index (χ2v) is 6.57. The highest BCUT2D eigenvalue weighted by molar-refractivity contribution is 6.31. The van der Waals surface area contributed by atoms with Gasteiger partial charge in [0.05, 0.1) is 23.5 Å². The van der Waals surface area contributed by atoms with Gasteiger partial charge in [-0.15, -0.1) is 0 Å². The van der Waals surface area contributed by atoms with Crippen LogP contribution in [0.25, 0.3) is 0 Å². The van der Waals surface area contributed by atoms with Gasteiger partial charge in [-0.3, -0.25) is 4.68 Å². The number of hydrogen-bond donors (Lipinski definition) is 2. The first-order valence-corrected chi connectivity index (χ1v) is 7.41. The third-order valence-electron chi connectivity index (χ3n) is 3.09. The van der Waals surface area contributed by atoms with Crippen LogP contribution in [0.1, 0.15) is 26.5 Å². The van der Waals surface area contributed by atoms with E-state index in [0.29, 0.717) is 29.7 Å². The van der Waals surface area contributed by atoms with Gasteiger partial charge in [0.25, 0.3) is 0 Å². The van der Waals surface area contributed by atoms with E-state index in [0.717, 1.165) is 13.1 Å². The van der Waals surface area contributed by atoms with Gasteiger partial charge in [-0.2, -0.15) is 5.10 Å². The number of likely N-dealkylation sites (N-methyl/N-ethyl adjacent to an activating group) is 1. The Balaban J connectivity index is 2.79. The van der Waals surface area contributed by atoms with E-state index in [2.05, 4.69) is 29.2 Å². The molecule has 0 saturated heterocycles. The molecule has 20 heavy (non-hydrogen) atoms. The highest BCUT2D eigenvalue weighted by Crippen LogP contribution is 2.27. The van der Waals surface area contributed by atoms with E-state index in [1.165, 1.54) is 0 Å². The molecule has 0 radical (unpaired) electrons. The zero-order valence-corrected chi connectivity index (χ0v) is 13.9. The summed E-state index contributed by atoms with van der Waals surface area (Å²) >= 11 is 6.20. The molecule has 0 aliphatic carbocycles. The summed E-state index contributed by atoms with van der Waals surface area (Å²) in [5.41, 5.74) is -0.355. The molecule has 0 aromatic carbocycles. The Morgan fingerprint density at radius 2 is 2.15 bits per heavy atom. The average Bonchev–Trinajstić information content (AvgIpc) is 2.67. The van der Waals surface area contributed by atoms with Crippen molar-refractivity contribution in [3.63, 3.8) is 0 Å². The van der Waals surface area contributed by atoms with Gasteiger partial charge in [0.1, 0.15) is 5.60 Å². The molecular formula is C14H27ClN4O. The van der Waals surface area contributed by atoms with Crippen LogP contribution in [-0.4, -0.2) is 53.5 Å². The second-order valence-electron chi connectivity index (χ2n) is 6.17. The van der Waals surface area contributed by atoms with Gasteiger partial charge < -0.3 is 15.3 Å². The van der Waals surface area contributed by atoms with Crippen LogP contribution in [0.3, 0.4) is 0 Å². The van der Waals surface area contributed by atoms with Gasteiger partial charge in [-0.05, 0) is 33.5 Å². The molecule has 0 spiro atoms. The number of aliphatic hydroxyl groups is 1. The van der Waals surface area contributed by atoms with Crippen LogP contribution in [-0.2, 0) is 12.1 Å². The molecule has 0 fully saturated rings. The maximum atomic E-state index is 10.7. The largest absolute Gasteiger partial charge is 0.382 e. The number of rotatable bonds is 8. The smallest absolute Gasteiger partial charge is 0.117 e. The first-order valence-electron chi connectivity index (χ1n) is 7.03. The van der Waals surface area contributed by atoms with E-state index in [1.807, 2.05) is 14.1 Å². The van der Waals surface area contributed by atoms with Crippen molar-refractivity contribution in [2.24, 2.45) is 5.92 Å².